The summed E-state index contributed by atoms with van der Waals surface area (Å²) >= 11 is 11.8. The molecule has 0 saturated heterocycles. The van der Waals surface area contributed by atoms with Crippen molar-refractivity contribution in [2.24, 2.45) is 19.8 Å². The smallest absolute Gasteiger partial charge is 0.438 e. The minimum atomic E-state index is -2.22. The number of fused-ring (bicyclic) bond motifs is 6. The number of esters is 2. The van der Waals surface area contributed by atoms with Crippen molar-refractivity contribution in [3.63, 3.8) is 0 Å². The number of methoxy groups -OCH3 is 2. The molecular formula is C102H134Cl2N6O7SSi. The Morgan fingerprint density at radius 3 is 1.29 bits per heavy atom. The van der Waals surface area contributed by atoms with E-state index in [0.717, 1.165) is 46.6 Å². The third-order valence-corrected chi connectivity index (χ3v) is 31.0. The van der Waals surface area contributed by atoms with Crippen molar-refractivity contribution in [2.45, 2.75) is 285 Å². The maximum Gasteiger partial charge on any atom is 0.438 e. The van der Waals surface area contributed by atoms with Gasteiger partial charge in [-0.2, -0.15) is 4.79 Å². The molecule has 5 aliphatic rings. The maximum atomic E-state index is 11.7. The summed E-state index contributed by atoms with van der Waals surface area (Å²) in [6.07, 6.45) is 4.64. The Morgan fingerprint density at radius 2 is 0.941 bits per heavy atom. The zero-order valence-electron chi connectivity index (χ0n) is 75.2. The van der Waals surface area contributed by atoms with Crippen molar-refractivity contribution in [3.05, 3.63) is 288 Å². The van der Waals surface area contributed by atoms with Gasteiger partial charge in [-0.25, -0.2) is 23.9 Å². The number of nitrogens with zero attached hydrogens (tertiary/aromatic N) is 6. The lowest BCUT2D eigenvalue weighted by Crippen LogP contribution is -2.48. The highest BCUT2D eigenvalue weighted by Crippen LogP contribution is 2.51. The van der Waals surface area contributed by atoms with Crippen molar-refractivity contribution >= 4 is 83.0 Å². The first-order chi connectivity index (χ1) is 55.8. The van der Waals surface area contributed by atoms with E-state index in [9.17, 15) is 9.59 Å². The standard InChI is InChI=1S/C51H62N2O2.C18H14ClNS.C15H28N2O3Si.C13H14ClNO2.2C2H6.CH4/c1-47(2,3)35-21-31(22-36(27-35)48(4,5)6)29-51(45-52-43-39-19-15-13-17-33(39)25-41(43)54-45,46-53-44-40-20-16-14-18-34(40)26-42(44)55-46)30-32-23-37(49(7,8)9)28-38(24-32)50(10,11)12;19-15-11-13-16(14-12-15)20-21(17-7-3-1-4-8-17)18-9-5-2-6-10-18;1-9-13(14(17-16)15(18)19-8)20-21(10(2)3,11(4)5)12(6)7;1-8-9(2)15(12(8)13(16)17-3)11-6-4-10(14)5-7-11;2*1-2;/h13-24,27-28,41-44H,25-26,29-30H2,1-12H3;1-14H;9-12H,1-8H3;4-7,9H,1-3H3;2*1-2H3;1H4/t41-,42-,43+,44+;;;9-;;;/m1..1.../s1. The summed E-state index contributed by atoms with van der Waals surface area (Å²) in [5.41, 5.74) is 25.9. The second-order valence-electron chi connectivity index (χ2n) is 35.7. The fourth-order valence-electron chi connectivity index (χ4n) is 16.2. The molecule has 0 fully saturated rings. The van der Waals surface area contributed by atoms with Crippen LogP contribution in [-0.4, -0.2) is 75.0 Å². The van der Waals surface area contributed by atoms with E-state index < -0.39 is 19.7 Å². The summed E-state index contributed by atoms with van der Waals surface area (Å²) in [6, 6.07) is 68.1. The first kappa shape index (κ1) is 97.2. The van der Waals surface area contributed by atoms with Crippen LogP contribution in [0.25, 0.3) is 5.53 Å². The predicted molar refractivity (Wildman–Crippen MR) is 502 cm³/mol. The monoisotopic (exact) mass is 1680 g/mol. The zero-order chi connectivity index (χ0) is 87.2. The lowest BCUT2D eigenvalue weighted by atomic mass is 9.71. The van der Waals surface area contributed by atoms with Gasteiger partial charge in [-0.1, -0.05) is 304 Å². The number of hydrogen-bond acceptors (Lipinski definition) is 11. The Kier molecular flexibility index (Phi) is 33.9. The Hall–Kier alpha value is -8.95. The fourth-order valence-corrected chi connectivity index (χ4v) is 23.4. The van der Waals surface area contributed by atoms with Gasteiger partial charge in [0.25, 0.3) is 8.32 Å². The molecule has 2 aliphatic carbocycles. The molecule has 3 heterocycles. The van der Waals surface area contributed by atoms with Crippen molar-refractivity contribution in [3.8, 4) is 0 Å². The molecule has 0 amide bonds. The predicted octanol–water partition coefficient (Wildman–Crippen LogP) is 27.3. The SMILES string of the molecule is C.CC.CC.CC(C)(C)c1cc(CC(Cc2cc(C(C)(C)C)cc(C(C)(C)C)c2)(C2=N[C@H]3c4ccccc4C[C@H]3O2)C2=N[C@H]3c4ccccc4C[C@H]3O2)cc(C(C)(C)C)c1.CC=C(O[Si](C(C)C)(C(C)C)C(C)C)C(=[N+]=[N-])C(=O)OC.COC(=O)C1=C(C)[C@@H](C)N1c1ccc(Cl)cc1.Clc1ccc(N=S(c2ccccc2)c2ccccc2)cc1. The highest BCUT2D eigenvalue weighted by Gasteiger charge is 2.56. The number of allylic oxidation sites excluding steroid dienone is 1. The highest BCUT2D eigenvalue weighted by atomic mass is 35.5. The summed E-state index contributed by atoms with van der Waals surface area (Å²) in [5, 5.41) is 1.41. The third kappa shape index (κ3) is 22.8. The first-order valence-corrected chi connectivity index (χ1v) is 46.1. The van der Waals surface area contributed by atoms with Crippen LogP contribution in [0.3, 0.4) is 0 Å². The van der Waals surface area contributed by atoms with E-state index in [1.807, 2.05) is 100 Å². The Morgan fingerprint density at radius 1 is 0.571 bits per heavy atom. The fraction of sp³-hybridized carbons (Fsp3) is 0.441. The first-order valence-electron chi connectivity index (χ1n) is 42.0. The second-order valence-corrected chi connectivity index (χ2v) is 43.6. The summed E-state index contributed by atoms with van der Waals surface area (Å²) < 4.78 is 35.2. The molecule has 0 aromatic heterocycles. The van der Waals surface area contributed by atoms with E-state index in [2.05, 4.69) is 275 Å². The molecule has 5 atom stereocenters. The van der Waals surface area contributed by atoms with E-state index in [-0.39, 0.29) is 81.8 Å². The minimum Gasteiger partial charge on any atom is -0.537 e. The van der Waals surface area contributed by atoms with Gasteiger partial charge in [-0.05, 0) is 223 Å². The quantitative estimate of drug-likeness (QED) is 0.0205. The summed E-state index contributed by atoms with van der Waals surface area (Å²) in [5.74, 6) is 0.856. The van der Waals surface area contributed by atoms with Crippen LogP contribution in [0, 0.1) is 5.41 Å². The molecule has 17 heteroatoms. The van der Waals surface area contributed by atoms with Gasteiger partial charge < -0.3 is 33.8 Å². The number of carbonyl (C=O) groups excluding carboxylic acids is 2. The summed E-state index contributed by atoms with van der Waals surface area (Å²) in [7, 11) is 0.0991. The highest BCUT2D eigenvalue weighted by molar-refractivity contribution is 7.87. The van der Waals surface area contributed by atoms with E-state index in [1.165, 1.54) is 79.6 Å². The number of halogens is 2. The van der Waals surface area contributed by atoms with Crippen LogP contribution in [0.2, 0.25) is 26.7 Å². The lowest BCUT2D eigenvalue weighted by Gasteiger charge is -2.42. The second kappa shape index (κ2) is 41.5. The molecule has 119 heavy (non-hydrogen) atoms. The van der Waals surface area contributed by atoms with E-state index in [1.54, 1.807) is 13.0 Å². The van der Waals surface area contributed by atoms with E-state index in [0.29, 0.717) is 45.9 Å². The van der Waals surface area contributed by atoms with Gasteiger partial charge in [-0.3, -0.25) is 0 Å². The number of benzene rings is 8. The maximum absolute atomic E-state index is 11.7. The number of aliphatic imine (C=N–C) groups is 2. The third-order valence-electron chi connectivity index (χ3n) is 22.6. The van der Waals surface area contributed by atoms with Crippen LogP contribution < -0.4 is 4.90 Å². The molecule has 3 aliphatic heterocycles. The molecule has 0 bridgehead atoms. The molecule has 0 N–H and O–H groups in total. The van der Waals surface area contributed by atoms with Crippen LogP contribution in [0.15, 0.2) is 241 Å². The molecular weight excluding hydrogens is 1550 g/mol. The summed E-state index contributed by atoms with van der Waals surface area (Å²) in [4.78, 5) is 42.1. The van der Waals surface area contributed by atoms with Crippen molar-refractivity contribution < 1.29 is 37.8 Å². The normalized spacial score (nSPS) is 17.1. The van der Waals surface area contributed by atoms with Gasteiger partial charge in [0.05, 0.1) is 25.9 Å². The number of rotatable bonds is 18. The average molecular weight is 1690 g/mol. The van der Waals surface area contributed by atoms with Crippen LogP contribution in [-0.2, 0) is 91.0 Å². The Labute approximate surface area is 727 Å². The number of carbonyl (C=O) groups is 2. The van der Waals surface area contributed by atoms with Crippen molar-refractivity contribution in [2.75, 3.05) is 19.1 Å². The molecule has 0 unspecified atom stereocenters. The number of hydrogen-bond donors (Lipinski definition) is 0. The zero-order valence-corrected chi connectivity index (χ0v) is 78.5. The van der Waals surface area contributed by atoms with Crippen LogP contribution in [0.1, 0.15) is 248 Å². The lowest BCUT2D eigenvalue weighted by molar-refractivity contribution is -0.138. The van der Waals surface area contributed by atoms with Crippen molar-refractivity contribution in [1.82, 2.24) is 0 Å². The van der Waals surface area contributed by atoms with Gasteiger partial charge in [0.1, 0.15) is 35.4 Å². The molecule has 0 saturated carbocycles. The van der Waals surface area contributed by atoms with Crippen LogP contribution in [0.5, 0.6) is 0 Å². The minimum absolute atomic E-state index is 0. The molecule has 0 spiro atoms. The van der Waals surface area contributed by atoms with Crippen molar-refractivity contribution in [1.29, 1.82) is 0 Å². The Balaban J connectivity index is 0.000000250. The van der Waals surface area contributed by atoms with Crippen LogP contribution in [0.4, 0.5) is 11.4 Å². The van der Waals surface area contributed by atoms with E-state index >= 15 is 0 Å². The molecule has 638 valence electrons. The van der Waals surface area contributed by atoms with Gasteiger partial charge in [-0.15, -0.1) is 0 Å². The number of anilines is 1. The molecule has 8 aromatic rings. The Bertz CT molecular complexity index is 4700. The van der Waals surface area contributed by atoms with E-state index in [4.69, 9.17) is 61.7 Å². The topological polar surface area (TPSA) is 157 Å². The molecule has 13 rings (SSSR count). The number of ether oxygens (including phenoxy) is 4. The van der Waals surface area contributed by atoms with Gasteiger partial charge in [0.2, 0.25) is 11.8 Å². The van der Waals surface area contributed by atoms with Gasteiger partial charge in [0.15, 0.2) is 5.76 Å². The molecule has 8 aromatic carbocycles. The molecule has 0 radical (unpaired) electrons. The molecule has 13 nitrogen and oxygen atoms in total. The largest absolute Gasteiger partial charge is 0.537 e. The summed E-state index contributed by atoms with van der Waals surface area (Å²) in [6.45, 7) is 54.5. The van der Waals surface area contributed by atoms with Gasteiger partial charge in [0, 0.05) is 38.4 Å². The average Bonchev–Trinajstić information content (AvgIpc) is 1.60. The van der Waals surface area contributed by atoms with Crippen LogP contribution >= 0.6 is 23.2 Å². The van der Waals surface area contributed by atoms with Gasteiger partial charge >= 0.3 is 17.7 Å².